The summed E-state index contributed by atoms with van der Waals surface area (Å²) in [4.78, 5) is 18.1. The van der Waals surface area contributed by atoms with Crippen LogP contribution in [0.15, 0.2) is 23.4 Å². The fourth-order valence-electron chi connectivity index (χ4n) is 1.37. The van der Waals surface area contributed by atoms with Crippen LogP contribution in [0.2, 0.25) is 0 Å². The summed E-state index contributed by atoms with van der Waals surface area (Å²) >= 11 is 1.22. The lowest BCUT2D eigenvalue weighted by atomic mass is 10.2. The van der Waals surface area contributed by atoms with E-state index in [1.54, 1.807) is 6.92 Å². The zero-order valence-corrected chi connectivity index (χ0v) is 9.84. The van der Waals surface area contributed by atoms with Crippen LogP contribution in [0.1, 0.15) is 12.5 Å². The molecule has 0 aliphatic heterocycles. The molecule has 0 aliphatic carbocycles. The van der Waals surface area contributed by atoms with Crippen molar-refractivity contribution in [3.05, 3.63) is 23.8 Å². The van der Waals surface area contributed by atoms with Crippen molar-refractivity contribution in [3.8, 4) is 0 Å². The number of nitrogens with zero attached hydrogens (tertiary/aromatic N) is 1. The predicted octanol–water partition coefficient (Wildman–Crippen LogP) is 2.44. The van der Waals surface area contributed by atoms with E-state index in [1.165, 1.54) is 11.8 Å². The number of fused-ring (bicyclic) bond motifs is 1. The number of H-pyrrole nitrogens is 1. The van der Waals surface area contributed by atoms with Crippen LogP contribution in [-0.4, -0.2) is 26.3 Å². The van der Waals surface area contributed by atoms with Crippen LogP contribution in [0.5, 0.6) is 0 Å². The highest BCUT2D eigenvalue weighted by Gasteiger charge is 2.14. The second kappa shape index (κ2) is 4.17. The van der Waals surface area contributed by atoms with E-state index in [4.69, 9.17) is 5.11 Å². The van der Waals surface area contributed by atoms with Gasteiger partial charge in [-0.2, -0.15) is 0 Å². The largest absolute Gasteiger partial charge is 0.480 e. The summed E-state index contributed by atoms with van der Waals surface area (Å²) in [6.07, 6.45) is 0. The van der Waals surface area contributed by atoms with Crippen LogP contribution in [-0.2, 0) is 4.79 Å². The Morgan fingerprint density at radius 1 is 1.56 bits per heavy atom. The number of carboxylic acids is 1. The minimum absolute atomic E-state index is 0.498. The van der Waals surface area contributed by atoms with Gasteiger partial charge in [0.1, 0.15) is 5.25 Å². The highest BCUT2D eigenvalue weighted by molar-refractivity contribution is 8.00. The first-order chi connectivity index (χ1) is 7.56. The van der Waals surface area contributed by atoms with Gasteiger partial charge in [0.05, 0.1) is 11.0 Å². The van der Waals surface area contributed by atoms with E-state index in [1.807, 2.05) is 25.1 Å². The number of rotatable bonds is 3. The molecule has 1 aromatic heterocycles. The standard InChI is InChI=1S/C11H12N2O2S/c1-6-3-4-8-9(5-6)13-11(12-8)16-7(2)10(14)15/h3-5,7H,1-2H3,(H,12,13)(H,14,15)/t7-/m0/s1. The number of aromatic nitrogens is 2. The first-order valence-electron chi connectivity index (χ1n) is 4.92. The molecule has 0 saturated carbocycles. The molecule has 0 spiro atoms. The van der Waals surface area contributed by atoms with Gasteiger partial charge in [0, 0.05) is 0 Å². The van der Waals surface area contributed by atoms with Gasteiger partial charge in [0.25, 0.3) is 0 Å². The average Bonchev–Trinajstić information content (AvgIpc) is 2.58. The summed E-state index contributed by atoms with van der Waals surface area (Å²) < 4.78 is 0. The number of hydrogen-bond acceptors (Lipinski definition) is 3. The molecule has 0 aliphatic rings. The van der Waals surface area contributed by atoms with E-state index in [0.717, 1.165) is 16.6 Å². The smallest absolute Gasteiger partial charge is 0.316 e. The molecule has 0 radical (unpaired) electrons. The summed E-state index contributed by atoms with van der Waals surface area (Å²) in [6, 6.07) is 5.91. The lowest BCUT2D eigenvalue weighted by Crippen LogP contribution is -2.11. The number of benzene rings is 1. The van der Waals surface area contributed by atoms with Crippen molar-refractivity contribution in [1.82, 2.24) is 9.97 Å². The van der Waals surface area contributed by atoms with Crippen LogP contribution in [0.4, 0.5) is 0 Å². The molecule has 1 heterocycles. The quantitative estimate of drug-likeness (QED) is 0.803. The molecule has 0 bridgehead atoms. The molecule has 5 heteroatoms. The zero-order valence-electron chi connectivity index (χ0n) is 9.02. The van der Waals surface area contributed by atoms with Gasteiger partial charge in [0.2, 0.25) is 0 Å². The van der Waals surface area contributed by atoms with Gasteiger partial charge in [-0.05, 0) is 31.5 Å². The summed E-state index contributed by atoms with van der Waals surface area (Å²) in [5, 5.41) is 8.95. The summed E-state index contributed by atoms with van der Waals surface area (Å²) in [7, 11) is 0. The second-order valence-corrected chi connectivity index (χ2v) is 4.99. The Balaban J connectivity index is 2.29. The van der Waals surface area contributed by atoms with Crippen molar-refractivity contribution in [3.63, 3.8) is 0 Å². The molecule has 4 nitrogen and oxygen atoms in total. The minimum Gasteiger partial charge on any atom is -0.480 e. The summed E-state index contributed by atoms with van der Waals surface area (Å²) in [5.41, 5.74) is 2.96. The molecule has 0 saturated heterocycles. The lowest BCUT2D eigenvalue weighted by molar-refractivity contribution is -0.136. The molecule has 2 aromatic rings. The highest BCUT2D eigenvalue weighted by atomic mass is 32.2. The molecular weight excluding hydrogens is 224 g/mol. The zero-order chi connectivity index (χ0) is 11.7. The van der Waals surface area contributed by atoms with Crippen molar-refractivity contribution in [2.24, 2.45) is 0 Å². The number of carbonyl (C=O) groups is 1. The van der Waals surface area contributed by atoms with E-state index >= 15 is 0 Å². The maximum Gasteiger partial charge on any atom is 0.316 e. The van der Waals surface area contributed by atoms with Crippen LogP contribution >= 0.6 is 11.8 Å². The number of nitrogens with one attached hydrogen (secondary N) is 1. The third-order valence-corrected chi connectivity index (χ3v) is 3.22. The maximum atomic E-state index is 10.7. The molecular formula is C11H12N2O2S. The van der Waals surface area contributed by atoms with Crippen LogP contribution in [0.3, 0.4) is 0 Å². The van der Waals surface area contributed by atoms with E-state index in [0.29, 0.717) is 5.16 Å². The number of carboxylic acid groups (broad SMARTS) is 1. The fraction of sp³-hybridized carbons (Fsp3) is 0.273. The van der Waals surface area contributed by atoms with E-state index in [-0.39, 0.29) is 0 Å². The van der Waals surface area contributed by atoms with Crippen molar-refractivity contribution >= 4 is 28.8 Å². The number of thioether (sulfide) groups is 1. The Hall–Kier alpha value is -1.49. The predicted molar refractivity (Wildman–Crippen MR) is 63.8 cm³/mol. The molecule has 2 rings (SSSR count). The molecule has 84 valence electrons. The number of imidazole rings is 1. The van der Waals surface area contributed by atoms with Crippen molar-refractivity contribution in [2.45, 2.75) is 24.3 Å². The fourth-order valence-corrected chi connectivity index (χ4v) is 2.13. The Bertz CT molecular complexity index is 536. The summed E-state index contributed by atoms with van der Waals surface area (Å²) in [6.45, 7) is 3.65. The highest BCUT2D eigenvalue weighted by Crippen LogP contribution is 2.23. The molecule has 0 amide bonds. The Labute approximate surface area is 97.1 Å². The Kier molecular flexibility index (Phi) is 2.87. The SMILES string of the molecule is Cc1ccc2nc(S[C@@H](C)C(=O)O)[nH]c2c1. The maximum absolute atomic E-state index is 10.7. The van der Waals surface area contributed by atoms with Crippen LogP contribution in [0, 0.1) is 6.92 Å². The minimum atomic E-state index is -0.832. The Morgan fingerprint density at radius 3 is 3.00 bits per heavy atom. The topological polar surface area (TPSA) is 66.0 Å². The second-order valence-electron chi connectivity index (χ2n) is 3.66. The first kappa shape index (κ1) is 11.0. The molecule has 2 N–H and O–H groups in total. The van der Waals surface area contributed by atoms with Gasteiger partial charge in [-0.1, -0.05) is 17.8 Å². The molecule has 16 heavy (non-hydrogen) atoms. The molecule has 1 atom stereocenters. The third-order valence-electron chi connectivity index (χ3n) is 2.25. The van der Waals surface area contributed by atoms with Gasteiger partial charge in [-0.15, -0.1) is 0 Å². The van der Waals surface area contributed by atoms with Gasteiger partial charge >= 0.3 is 5.97 Å². The van der Waals surface area contributed by atoms with Crippen LogP contribution < -0.4 is 0 Å². The average molecular weight is 236 g/mol. The van der Waals surface area contributed by atoms with Gasteiger partial charge in [-0.3, -0.25) is 4.79 Å². The normalized spacial score (nSPS) is 12.9. The number of aromatic amines is 1. The summed E-state index contributed by atoms with van der Waals surface area (Å²) in [5.74, 6) is -0.832. The Morgan fingerprint density at radius 2 is 2.31 bits per heavy atom. The lowest BCUT2D eigenvalue weighted by Gasteiger charge is -2.00. The van der Waals surface area contributed by atoms with E-state index < -0.39 is 11.2 Å². The van der Waals surface area contributed by atoms with Crippen molar-refractivity contribution in [1.29, 1.82) is 0 Å². The molecule has 1 aromatic carbocycles. The third kappa shape index (κ3) is 2.19. The number of aryl methyl sites for hydroxylation is 1. The van der Waals surface area contributed by atoms with Gasteiger partial charge < -0.3 is 10.1 Å². The first-order valence-corrected chi connectivity index (χ1v) is 5.80. The number of hydrogen-bond donors (Lipinski definition) is 2. The molecule has 0 unspecified atom stereocenters. The van der Waals surface area contributed by atoms with Gasteiger partial charge in [-0.25, -0.2) is 4.98 Å². The van der Waals surface area contributed by atoms with E-state index in [2.05, 4.69) is 9.97 Å². The van der Waals surface area contributed by atoms with Crippen molar-refractivity contribution in [2.75, 3.05) is 0 Å². The number of aliphatic carboxylic acids is 1. The van der Waals surface area contributed by atoms with Crippen molar-refractivity contribution < 1.29 is 9.90 Å². The van der Waals surface area contributed by atoms with E-state index in [9.17, 15) is 4.79 Å². The van der Waals surface area contributed by atoms with Crippen LogP contribution in [0.25, 0.3) is 11.0 Å². The van der Waals surface area contributed by atoms with Gasteiger partial charge in [0.15, 0.2) is 5.16 Å². The molecule has 0 fully saturated rings. The monoisotopic (exact) mass is 236 g/mol.